The number of aromatic nitrogens is 1. The fourth-order valence-corrected chi connectivity index (χ4v) is 3.26. The summed E-state index contributed by atoms with van der Waals surface area (Å²) in [7, 11) is 0. The molecule has 1 amide bonds. The minimum Gasteiger partial charge on any atom is -0.323 e. The molecule has 0 radical (unpaired) electrons. The molecule has 110 valence electrons. The standard InChI is InChI=1S/C18H16N2OS/c1-3-4-17(21)19-14-8-6-13(7-9-14)18-20-15-10-5-12(2)11-16(15)22-18/h3-11H,1-2H3,(H,19,21)/b4-3+. The molecule has 0 fully saturated rings. The molecule has 0 spiro atoms. The van der Waals surface area contributed by atoms with Gasteiger partial charge in [-0.25, -0.2) is 4.98 Å². The molecule has 0 aliphatic rings. The third-order valence-corrected chi connectivity index (χ3v) is 4.33. The lowest BCUT2D eigenvalue weighted by Crippen LogP contribution is -2.07. The van der Waals surface area contributed by atoms with Gasteiger partial charge in [0.05, 0.1) is 10.2 Å². The van der Waals surface area contributed by atoms with Crippen molar-refractivity contribution in [3.63, 3.8) is 0 Å². The van der Waals surface area contributed by atoms with Gasteiger partial charge in [0.1, 0.15) is 5.01 Å². The highest BCUT2D eigenvalue weighted by atomic mass is 32.1. The largest absolute Gasteiger partial charge is 0.323 e. The Morgan fingerprint density at radius 1 is 1.18 bits per heavy atom. The number of hydrogen-bond acceptors (Lipinski definition) is 3. The summed E-state index contributed by atoms with van der Waals surface area (Å²) >= 11 is 1.68. The Labute approximate surface area is 133 Å². The van der Waals surface area contributed by atoms with E-state index in [1.165, 1.54) is 16.3 Å². The van der Waals surface area contributed by atoms with E-state index in [1.54, 1.807) is 17.4 Å². The quantitative estimate of drug-likeness (QED) is 0.707. The molecule has 0 unspecified atom stereocenters. The smallest absolute Gasteiger partial charge is 0.248 e. The van der Waals surface area contributed by atoms with Gasteiger partial charge in [0, 0.05) is 11.3 Å². The Balaban J connectivity index is 1.86. The van der Waals surface area contributed by atoms with Gasteiger partial charge in [-0.15, -0.1) is 11.3 Å². The first-order valence-electron chi connectivity index (χ1n) is 7.07. The number of allylic oxidation sites excluding steroid dienone is 1. The molecule has 3 aromatic rings. The predicted octanol–water partition coefficient (Wildman–Crippen LogP) is 4.79. The molecule has 2 aromatic carbocycles. The van der Waals surface area contributed by atoms with Crippen molar-refractivity contribution in [2.75, 3.05) is 5.32 Å². The van der Waals surface area contributed by atoms with Crippen molar-refractivity contribution in [2.45, 2.75) is 13.8 Å². The number of nitrogens with zero attached hydrogens (tertiary/aromatic N) is 1. The summed E-state index contributed by atoms with van der Waals surface area (Å²) in [4.78, 5) is 16.2. The molecule has 0 aliphatic carbocycles. The number of nitrogens with one attached hydrogen (secondary N) is 1. The topological polar surface area (TPSA) is 42.0 Å². The summed E-state index contributed by atoms with van der Waals surface area (Å²) in [6, 6.07) is 14.0. The zero-order chi connectivity index (χ0) is 15.5. The second-order valence-electron chi connectivity index (χ2n) is 5.06. The van der Waals surface area contributed by atoms with Gasteiger partial charge in [0.15, 0.2) is 0 Å². The van der Waals surface area contributed by atoms with Gasteiger partial charge >= 0.3 is 0 Å². The van der Waals surface area contributed by atoms with Crippen LogP contribution in [0.2, 0.25) is 0 Å². The normalized spacial score (nSPS) is 11.2. The van der Waals surface area contributed by atoms with Crippen LogP contribution in [0.3, 0.4) is 0 Å². The van der Waals surface area contributed by atoms with Crippen LogP contribution in [-0.4, -0.2) is 10.9 Å². The molecular weight excluding hydrogens is 292 g/mol. The molecule has 1 heterocycles. The highest BCUT2D eigenvalue weighted by molar-refractivity contribution is 7.21. The fraction of sp³-hybridized carbons (Fsp3) is 0.111. The molecule has 3 nitrogen and oxygen atoms in total. The van der Waals surface area contributed by atoms with Gasteiger partial charge in [-0.1, -0.05) is 12.1 Å². The second-order valence-corrected chi connectivity index (χ2v) is 6.09. The SMILES string of the molecule is C/C=C/C(=O)Nc1ccc(-c2nc3ccc(C)cc3s2)cc1. The lowest BCUT2D eigenvalue weighted by Gasteiger charge is -2.02. The molecule has 0 atom stereocenters. The Morgan fingerprint density at radius 3 is 2.68 bits per heavy atom. The molecule has 0 aliphatic heterocycles. The van der Waals surface area contributed by atoms with Crippen LogP contribution in [0.15, 0.2) is 54.6 Å². The van der Waals surface area contributed by atoms with E-state index in [-0.39, 0.29) is 5.91 Å². The first-order chi connectivity index (χ1) is 10.7. The average molecular weight is 308 g/mol. The van der Waals surface area contributed by atoms with Gasteiger partial charge in [-0.3, -0.25) is 4.79 Å². The van der Waals surface area contributed by atoms with Gasteiger partial charge in [-0.2, -0.15) is 0 Å². The fourth-order valence-electron chi connectivity index (χ4n) is 2.19. The van der Waals surface area contributed by atoms with Gasteiger partial charge in [0.2, 0.25) is 5.91 Å². The summed E-state index contributed by atoms with van der Waals surface area (Å²) in [6.45, 7) is 3.90. The summed E-state index contributed by atoms with van der Waals surface area (Å²) in [5.41, 5.74) is 4.10. The average Bonchev–Trinajstić information content (AvgIpc) is 2.91. The van der Waals surface area contributed by atoms with Crippen LogP contribution in [0, 0.1) is 6.92 Å². The third kappa shape index (κ3) is 3.07. The van der Waals surface area contributed by atoms with Gasteiger partial charge in [-0.05, 0) is 61.9 Å². The zero-order valence-electron chi connectivity index (χ0n) is 12.5. The van der Waals surface area contributed by atoms with Crippen LogP contribution < -0.4 is 5.32 Å². The number of carbonyl (C=O) groups is 1. The number of thiazole rings is 1. The summed E-state index contributed by atoms with van der Waals surface area (Å²) < 4.78 is 1.19. The van der Waals surface area contributed by atoms with Gasteiger partial charge in [0.25, 0.3) is 0 Å². The van der Waals surface area contributed by atoms with Crippen LogP contribution in [0.4, 0.5) is 5.69 Å². The molecule has 4 heteroatoms. The lowest BCUT2D eigenvalue weighted by molar-refractivity contribution is -0.111. The number of fused-ring (bicyclic) bond motifs is 1. The van der Waals surface area contributed by atoms with Crippen molar-refractivity contribution in [3.05, 3.63) is 60.2 Å². The van der Waals surface area contributed by atoms with Crippen molar-refractivity contribution in [2.24, 2.45) is 0 Å². The Bertz CT molecular complexity index is 847. The van der Waals surface area contributed by atoms with Crippen molar-refractivity contribution < 1.29 is 4.79 Å². The monoisotopic (exact) mass is 308 g/mol. The van der Waals surface area contributed by atoms with E-state index in [0.29, 0.717) is 0 Å². The number of anilines is 1. The van der Waals surface area contributed by atoms with E-state index in [4.69, 9.17) is 0 Å². The van der Waals surface area contributed by atoms with Crippen molar-refractivity contribution in [3.8, 4) is 10.6 Å². The highest BCUT2D eigenvalue weighted by Gasteiger charge is 2.06. The van der Waals surface area contributed by atoms with E-state index < -0.39 is 0 Å². The number of benzene rings is 2. The summed E-state index contributed by atoms with van der Waals surface area (Å²) in [5, 5.41) is 3.81. The molecule has 0 saturated carbocycles. The van der Waals surface area contributed by atoms with Crippen LogP contribution in [-0.2, 0) is 4.79 Å². The summed E-state index contributed by atoms with van der Waals surface area (Å²) in [6.07, 6.45) is 3.22. The molecule has 3 rings (SSSR count). The zero-order valence-corrected chi connectivity index (χ0v) is 13.3. The van der Waals surface area contributed by atoms with Gasteiger partial charge < -0.3 is 5.32 Å². The Hall–Kier alpha value is -2.46. The number of hydrogen-bond donors (Lipinski definition) is 1. The van der Waals surface area contributed by atoms with E-state index in [1.807, 2.05) is 31.2 Å². The highest BCUT2D eigenvalue weighted by Crippen LogP contribution is 2.31. The number of aryl methyl sites for hydroxylation is 1. The van der Waals surface area contributed by atoms with Crippen LogP contribution in [0.5, 0.6) is 0 Å². The van der Waals surface area contributed by atoms with E-state index >= 15 is 0 Å². The Morgan fingerprint density at radius 2 is 1.95 bits per heavy atom. The molecule has 1 aromatic heterocycles. The Kier molecular flexibility index (Phi) is 4.02. The minimum absolute atomic E-state index is 0.120. The maximum absolute atomic E-state index is 11.5. The maximum atomic E-state index is 11.5. The van der Waals surface area contributed by atoms with Crippen LogP contribution in [0.25, 0.3) is 20.8 Å². The number of amides is 1. The van der Waals surface area contributed by atoms with E-state index in [0.717, 1.165) is 21.8 Å². The van der Waals surface area contributed by atoms with Crippen molar-refractivity contribution in [1.29, 1.82) is 0 Å². The molecule has 1 N–H and O–H groups in total. The van der Waals surface area contributed by atoms with E-state index in [9.17, 15) is 4.79 Å². The number of carbonyl (C=O) groups excluding carboxylic acids is 1. The molecule has 0 saturated heterocycles. The van der Waals surface area contributed by atoms with Crippen LogP contribution >= 0.6 is 11.3 Å². The second kappa shape index (κ2) is 6.12. The third-order valence-electron chi connectivity index (χ3n) is 3.26. The predicted molar refractivity (Wildman–Crippen MR) is 93.2 cm³/mol. The first kappa shape index (κ1) is 14.5. The van der Waals surface area contributed by atoms with Crippen molar-refractivity contribution in [1.82, 2.24) is 4.98 Å². The first-order valence-corrected chi connectivity index (χ1v) is 7.88. The number of rotatable bonds is 3. The molecule has 22 heavy (non-hydrogen) atoms. The molecular formula is C18H16N2OS. The lowest BCUT2D eigenvalue weighted by atomic mass is 10.2. The maximum Gasteiger partial charge on any atom is 0.248 e. The van der Waals surface area contributed by atoms with Crippen molar-refractivity contribution >= 4 is 33.1 Å². The van der Waals surface area contributed by atoms with E-state index in [2.05, 4.69) is 35.4 Å². The summed E-state index contributed by atoms with van der Waals surface area (Å²) in [5.74, 6) is -0.120. The van der Waals surface area contributed by atoms with Crippen LogP contribution in [0.1, 0.15) is 12.5 Å². The molecule has 0 bridgehead atoms. The minimum atomic E-state index is -0.120.